The summed E-state index contributed by atoms with van der Waals surface area (Å²) in [5.74, 6) is 0.494. The van der Waals surface area contributed by atoms with Crippen LogP contribution in [0, 0.1) is 11.3 Å². The molecule has 18 heavy (non-hydrogen) atoms. The van der Waals surface area contributed by atoms with Crippen LogP contribution in [0.5, 0.6) is 0 Å². The third kappa shape index (κ3) is 4.99. The van der Waals surface area contributed by atoms with Gasteiger partial charge < -0.3 is 11.1 Å². The largest absolute Gasteiger partial charge is 0.396 e. The number of nitrogens with zero attached hydrogens (tertiary/aromatic N) is 2. The summed E-state index contributed by atoms with van der Waals surface area (Å²) in [6.45, 7) is 0.883. The molecule has 0 amide bonds. The number of nitrogens with one attached hydrogen (secondary N) is 2. The molecule has 0 aliphatic heterocycles. The molecule has 7 nitrogen and oxygen atoms in total. The second-order valence-electron chi connectivity index (χ2n) is 3.72. The van der Waals surface area contributed by atoms with E-state index in [0.29, 0.717) is 36.6 Å². The van der Waals surface area contributed by atoms with Crippen molar-refractivity contribution in [3.63, 3.8) is 0 Å². The van der Waals surface area contributed by atoms with Crippen LogP contribution < -0.4 is 15.8 Å². The van der Waals surface area contributed by atoms with Gasteiger partial charge in [-0.25, -0.2) is 18.1 Å². The average Bonchev–Trinajstić information content (AvgIpc) is 2.29. The number of nitrogens with two attached hydrogens (primary N) is 1. The maximum atomic E-state index is 10.8. The number of rotatable bonds is 6. The molecule has 0 saturated heterocycles. The van der Waals surface area contributed by atoms with Gasteiger partial charge in [-0.2, -0.15) is 5.26 Å². The Morgan fingerprint density at radius 2 is 2.22 bits per heavy atom. The second-order valence-corrected chi connectivity index (χ2v) is 5.55. The molecule has 0 spiro atoms. The van der Waals surface area contributed by atoms with Crippen LogP contribution in [-0.4, -0.2) is 32.7 Å². The van der Waals surface area contributed by atoms with E-state index in [1.807, 2.05) is 6.07 Å². The predicted octanol–water partition coefficient (Wildman–Crippen LogP) is -0.113. The summed E-state index contributed by atoms with van der Waals surface area (Å²) >= 11 is 0. The highest BCUT2D eigenvalue weighted by atomic mass is 32.2. The standard InChI is InChI=1S/C10H15N5O2S/c1-18(16,17)15-4-2-3-13-10-9(12)5-8(6-11)7-14-10/h5,7,15H,2-4,12H2,1H3,(H,13,14). The van der Waals surface area contributed by atoms with Gasteiger partial charge in [-0.05, 0) is 12.5 Å². The molecule has 0 saturated carbocycles. The molecule has 0 bridgehead atoms. The Balaban J connectivity index is 2.39. The van der Waals surface area contributed by atoms with Crippen LogP contribution in [0.4, 0.5) is 11.5 Å². The molecule has 0 radical (unpaired) electrons. The monoisotopic (exact) mass is 269 g/mol. The van der Waals surface area contributed by atoms with Crippen molar-refractivity contribution < 1.29 is 8.42 Å². The number of hydrogen-bond acceptors (Lipinski definition) is 6. The minimum Gasteiger partial charge on any atom is -0.396 e. The maximum Gasteiger partial charge on any atom is 0.208 e. The lowest BCUT2D eigenvalue weighted by atomic mass is 10.3. The fraction of sp³-hybridized carbons (Fsp3) is 0.400. The number of anilines is 2. The molecule has 1 aromatic heterocycles. The zero-order valence-corrected chi connectivity index (χ0v) is 10.8. The maximum absolute atomic E-state index is 10.8. The SMILES string of the molecule is CS(=O)(=O)NCCCNc1ncc(C#N)cc1N. The summed E-state index contributed by atoms with van der Waals surface area (Å²) in [4.78, 5) is 4.00. The molecule has 0 aliphatic rings. The first-order chi connectivity index (χ1) is 8.42. The van der Waals surface area contributed by atoms with E-state index in [-0.39, 0.29) is 0 Å². The first-order valence-corrected chi connectivity index (χ1v) is 7.15. The van der Waals surface area contributed by atoms with E-state index < -0.39 is 10.0 Å². The van der Waals surface area contributed by atoms with Crippen molar-refractivity contribution in [3.8, 4) is 6.07 Å². The van der Waals surface area contributed by atoms with Crippen LogP contribution in [0.15, 0.2) is 12.3 Å². The van der Waals surface area contributed by atoms with Crippen molar-refractivity contribution in [2.75, 3.05) is 30.4 Å². The molecule has 0 atom stereocenters. The van der Waals surface area contributed by atoms with Crippen molar-refractivity contribution in [2.24, 2.45) is 0 Å². The first kappa shape index (κ1) is 14.2. The van der Waals surface area contributed by atoms with E-state index in [9.17, 15) is 8.42 Å². The van der Waals surface area contributed by atoms with Crippen LogP contribution in [-0.2, 0) is 10.0 Å². The van der Waals surface area contributed by atoms with Gasteiger partial charge >= 0.3 is 0 Å². The van der Waals surface area contributed by atoms with Gasteiger partial charge in [0, 0.05) is 19.3 Å². The molecular formula is C10H15N5O2S. The van der Waals surface area contributed by atoms with Crippen LogP contribution in [0.2, 0.25) is 0 Å². The molecule has 8 heteroatoms. The average molecular weight is 269 g/mol. The van der Waals surface area contributed by atoms with Gasteiger partial charge in [-0.15, -0.1) is 0 Å². The summed E-state index contributed by atoms with van der Waals surface area (Å²) in [6, 6.07) is 3.47. The number of hydrogen-bond donors (Lipinski definition) is 3. The summed E-state index contributed by atoms with van der Waals surface area (Å²) < 4.78 is 24.0. The Kier molecular flexibility index (Phi) is 4.88. The minimum absolute atomic E-state index is 0.349. The Hall–Kier alpha value is -1.85. The molecule has 0 fully saturated rings. The number of nitrogen functional groups attached to an aromatic ring is 1. The lowest BCUT2D eigenvalue weighted by molar-refractivity contribution is 0.586. The normalized spacial score (nSPS) is 10.9. The Labute approximate surface area is 106 Å². The lowest BCUT2D eigenvalue weighted by Crippen LogP contribution is -2.24. The fourth-order valence-corrected chi connectivity index (χ4v) is 1.76. The molecule has 98 valence electrons. The van der Waals surface area contributed by atoms with Crippen molar-refractivity contribution in [1.29, 1.82) is 5.26 Å². The van der Waals surface area contributed by atoms with Crippen molar-refractivity contribution >= 4 is 21.5 Å². The summed E-state index contributed by atoms with van der Waals surface area (Å²) in [7, 11) is -3.14. The fourth-order valence-electron chi connectivity index (χ4n) is 1.24. The zero-order valence-electron chi connectivity index (χ0n) is 9.97. The molecule has 0 unspecified atom stereocenters. The van der Waals surface area contributed by atoms with Crippen LogP contribution >= 0.6 is 0 Å². The number of nitriles is 1. The molecular weight excluding hydrogens is 254 g/mol. The smallest absolute Gasteiger partial charge is 0.208 e. The summed E-state index contributed by atoms with van der Waals surface area (Å²) in [5.41, 5.74) is 6.49. The lowest BCUT2D eigenvalue weighted by Gasteiger charge is -2.08. The van der Waals surface area contributed by atoms with Crippen LogP contribution in [0.3, 0.4) is 0 Å². The second kappa shape index (κ2) is 6.18. The van der Waals surface area contributed by atoms with Gasteiger partial charge in [-0.1, -0.05) is 0 Å². The van der Waals surface area contributed by atoms with Crippen molar-refractivity contribution in [1.82, 2.24) is 9.71 Å². The minimum atomic E-state index is -3.14. The molecule has 4 N–H and O–H groups in total. The highest BCUT2D eigenvalue weighted by Gasteiger charge is 2.02. The van der Waals surface area contributed by atoms with Gasteiger partial charge in [0.05, 0.1) is 17.5 Å². The van der Waals surface area contributed by atoms with E-state index in [1.165, 1.54) is 12.3 Å². The zero-order chi connectivity index (χ0) is 13.6. The topological polar surface area (TPSA) is 121 Å². The van der Waals surface area contributed by atoms with Crippen LogP contribution in [0.1, 0.15) is 12.0 Å². The third-order valence-corrected chi connectivity index (χ3v) is 2.79. The van der Waals surface area contributed by atoms with Gasteiger partial charge in [0.25, 0.3) is 0 Å². The highest BCUT2D eigenvalue weighted by Crippen LogP contribution is 2.15. The highest BCUT2D eigenvalue weighted by molar-refractivity contribution is 7.88. The summed E-state index contributed by atoms with van der Waals surface area (Å²) in [6.07, 6.45) is 3.14. The Morgan fingerprint density at radius 3 is 2.78 bits per heavy atom. The summed E-state index contributed by atoms with van der Waals surface area (Å²) in [5, 5.41) is 11.6. The van der Waals surface area contributed by atoms with Gasteiger partial charge in [0.15, 0.2) is 0 Å². The molecule has 1 heterocycles. The molecule has 0 aliphatic carbocycles. The number of aromatic nitrogens is 1. The first-order valence-electron chi connectivity index (χ1n) is 5.26. The quantitative estimate of drug-likeness (QED) is 0.619. The molecule has 0 aromatic carbocycles. The van der Waals surface area contributed by atoms with E-state index >= 15 is 0 Å². The van der Waals surface area contributed by atoms with Crippen molar-refractivity contribution in [2.45, 2.75) is 6.42 Å². The van der Waals surface area contributed by atoms with E-state index in [2.05, 4.69) is 15.0 Å². The van der Waals surface area contributed by atoms with Gasteiger partial charge in [0.2, 0.25) is 10.0 Å². The Morgan fingerprint density at radius 1 is 1.50 bits per heavy atom. The number of sulfonamides is 1. The number of pyridine rings is 1. The van der Waals surface area contributed by atoms with E-state index in [1.54, 1.807) is 0 Å². The third-order valence-electron chi connectivity index (χ3n) is 2.06. The van der Waals surface area contributed by atoms with Crippen molar-refractivity contribution in [3.05, 3.63) is 17.8 Å². The van der Waals surface area contributed by atoms with E-state index in [0.717, 1.165) is 6.26 Å². The van der Waals surface area contributed by atoms with Gasteiger partial charge in [-0.3, -0.25) is 0 Å². The molecule has 1 rings (SSSR count). The van der Waals surface area contributed by atoms with E-state index in [4.69, 9.17) is 11.0 Å². The molecule has 1 aromatic rings. The Bertz CT molecular complexity index is 550. The van der Waals surface area contributed by atoms with Gasteiger partial charge in [0.1, 0.15) is 11.9 Å². The van der Waals surface area contributed by atoms with Crippen LogP contribution in [0.25, 0.3) is 0 Å². The predicted molar refractivity (Wildman–Crippen MR) is 69.3 cm³/mol.